The van der Waals surface area contributed by atoms with Crippen molar-refractivity contribution < 1.29 is 9.72 Å². The molecule has 138 valence electrons. The Hall–Kier alpha value is -3.78. The van der Waals surface area contributed by atoms with Gasteiger partial charge in [-0.3, -0.25) is 20.2 Å². The summed E-state index contributed by atoms with van der Waals surface area (Å²) in [5.74, 6) is -0.269. The summed E-state index contributed by atoms with van der Waals surface area (Å²) >= 11 is 1.27. The summed E-state index contributed by atoms with van der Waals surface area (Å²) < 4.78 is 1.92. The highest BCUT2D eigenvalue weighted by molar-refractivity contribution is 7.14. The van der Waals surface area contributed by atoms with Crippen molar-refractivity contribution >= 4 is 28.1 Å². The largest absolute Gasteiger partial charge is 0.324 e. The molecule has 2 aromatic heterocycles. The number of nitro groups is 1. The minimum Gasteiger partial charge on any atom is -0.324 e. The van der Waals surface area contributed by atoms with Gasteiger partial charge in [-0.15, -0.1) is 11.3 Å². The number of non-ortho nitro benzene ring substituents is 1. The van der Waals surface area contributed by atoms with Gasteiger partial charge in [-0.25, -0.2) is 4.98 Å². The second kappa shape index (κ2) is 7.45. The van der Waals surface area contributed by atoms with E-state index in [2.05, 4.69) is 10.3 Å². The summed E-state index contributed by atoms with van der Waals surface area (Å²) in [6.45, 7) is 0. The third-order valence-electron chi connectivity index (χ3n) is 4.09. The number of thiazole rings is 1. The number of benzene rings is 2. The van der Waals surface area contributed by atoms with Crippen molar-refractivity contribution in [2.24, 2.45) is 0 Å². The lowest BCUT2D eigenvalue weighted by molar-refractivity contribution is -0.384. The summed E-state index contributed by atoms with van der Waals surface area (Å²) in [5, 5.41) is 15.9. The Morgan fingerprint density at radius 3 is 2.64 bits per heavy atom. The summed E-state index contributed by atoms with van der Waals surface area (Å²) in [4.78, 5) is 27.4. The zero-order valence-corrected chi connectivity index (χ0v) is 15.3. The standard InChI is InChI=1S/C20H14N4O3S/c25-19(15-6-4-7-16(12-15)23-9-1-2-10-23)22-20-21-18(13-28-20)14-5-3-8-17(11-14)24(26)27/h1-13H,(H,21,22,25). The zero-order chi connectivity index (χ0) is 19.5. The number of anilines is 1. The lowest BCUT2D eigenvalue weighted by Gasteiger charge is -2.06. The minimum atomic E-state index is -0.448. The van der Waals surface area contributed by atoms with E-state index in [-0.39, 0.29) is 11.6 Å². The summed E-state index contributed by atoms with van der Waals surface area (Å²) in [6, 6.07) is 17.3. The molecule has 0 aliphatic rings. The number of nitrogens with one attached hydrogen (secondary N) is 1. The van der Waals surface area contributed by atoms with Gasteiger partial charge in [0.1, 0.15) is 0 Å². The second-order valence-electron chi connectivity index (χ2n) is 5.94. The van der Waals surface area contributed by atoms with Gasteiger partial charge in [-0.05, 0) is 30.3 Å². The molecule has 0 saturated heterocycles. The van der Waals surface area contributed by atoms with Gasteiger partial charge in [0.25, 0.3) is 11.6 Å². The molecule has 1 N–H and O–H groups in total. The fraction of sp³-hybridized carbons (Fsp3) is 0. The van der Waals surface area contributed by atoms with Crippen LogP contribution in [0.15, 0.2) is 78.4 Å². The first-order valence-corrected chi connectivity index (χ1v) is 9.23. The van der Waals surface area contributed by atoms with Crippen LogP contribution in [0, 0.1) is 10.1 Å². The van der Waals surface area contributed by atoms with E-state index in [1.54, 1.807) is 29.6 Å². The number of carbonyl (C=O) groups excluding carboxylic acids is 1. The molecule has 0 bridgehead atoms. The molecule has 0 spiro atoms. The Labute approximate surface area is 164 Å². The Kier molecular flexibility index (Phi) is 4.69. The predicted octanol–water partition coefficient (Wildman–Crippen LogP) is 4.76. The van der Waals surface area contributed by atoms with Crippen LogP contribution in [0.3, 0.4) is 0 Å². The molecule has 0 aliphatic carbocycles. The number of aromatic nitrogens is 2. The average molecular weight is 390 g/mol. The fourth-order valence-corrected chi connectivity index (χ4v) is 3.44. The molecule has 2 heterocycles. The van der Waals surface area contributed by atoms with Crippen LogP contribution in [0.1, 0.15) is 10.4 Å². The predicted molar refractivity (Wildman–Crippen MR) is 108 cm³/mol. The van der Waals surface area contributed by atoms with E-state index < -0.39 is 4.92 Å². The Balaban J connectivity index is 1.53. The summed E-state index contributed by atoms with van der Waals surface area (Å²) in [5.41, 5.74) is 2.59. The molecule has 0 aliphatic heterocycles. The molecule has 0 fully saturated rings. The van der Waals surface area contributed by atoms with E-state index in [0.29, 0.717) is 22.0 Å². The van der Waals surface area contributed by atoms with Gasteiger partial charge in [-0.1, -0.05) is 18.2 Å². The Bertz CT molecular complexity index is 1150. The molecule has 0 saturated carbocycles. The molecule has 0 unspecified atom stereocenters. The molecular formula is C20H14N4O3S. The molecule has 28 heavy (non-hydrogen) atoms. The van der Waals surface area contributed by atoms with Crippen molar-refractivity contribution in [1.82, 2.24) is 9.55 Å². The number of hydrogen-bond acceptors (Lipinski definition) is 5. The Morgan fingerprint density at radius 2 is 1.86 bits per heavy atom. The number of carbonyl (C=O) groups is 1. The quantitative estimate of drug-likeness (QED) is 0.393. The smallest absolute Gasteiger partial charge is 0.270 e. The molecule has 0 radical (unpaired) electrons. The van der Waals surface area contributed by atoms with E-state index >= 15 is 0 Å². The van der Waals surface area contributed by atoms with Gasteiger partial charge in [0.05, 0.1) is 10.6 Å². The van der Waals surface area contributed by atoms with E-state index in [1.165, 1.54) is 23.5 Å². The van der Waals surface area contributed by atoms with Crippen LogP contribution < -0.4 is 5.32 Å². The minimum absolute atomic E-state index is 0.00193. The topological polar surface area (TPSA) is 90.1 Å². The number of nitro benzene ring substituents is 1. The van der Waals surface area contributed by atoms with Crippen LogP contribution in [-0.2, 0) is 0 Å². The van der Waals surface area contributed by atoms with Crippen LogP contribution in [0.4, 0.5) is 10.8 Å². The van der Waals surface area contributed by atoms with Crippen molar-refractivity contribution in [1.29, 1.82) is 0 Å². The van der Waals surface area contributed by atoms with Crippen molar-refractivity contribution in [2.75, 3.05) is 5.32 Å². The maximum atomic E-state index is 12.6. The van der Waals surface area contributed by atoms with Crippen molar-refractivity contribution in [3.8, 4) is 16.9 Å². The van der Waals surface area contributed by atoms with Crippen LogP contribution in [0.25, 0.3) is 16.9 Å². The van der Waals surface area contributed by atoms with E-state index in [4.69, 9.17) is 0 Å². The van der Waals surface area contributed by atoms with E-state index in [0.717, 1.165) is 5.69 Å². The van der Waals surface area contributed by atoms with Crippen molar-refractivity contribution in [2.45, 2.75) is 0 Å². The summed E-state index contributed by atoms with van der Waals surface area (Å²) in [7, 11) is 0. The zero-order valence-electron chi connectivity index (χ0n) is 14.5. The SMILES string of the molecule is O=C(Nc1nc(-c2cccc([N+](=O)[O-])c2)cs1)c1cccc(-n2cccc2)c1. The molecule has 4 rings (SSSR count). The second-order valence-corrected chi connectivity index (χ2v) is 6.80. The van der Waals surface area contributed by atoms with Crippen LogP contribution in [-0.4, -0.2) is 20.4 Å². The van der Waals surface area contributed by atoms with E-state index in [9.17, 15) is 14.9 Å². The van der Waals surface area contributed by atoms with Gasteiger partial charge in [0.15, 0.2) is 5.13 Å². The fourth-order valence-electron chi connectivity index (χ4n) is 2.73. The number of rotatable bonds is 5. The lowest BCUT2D eigenvalue weighted by Crippen LogP contribution is -2.12. The lowest BCUT2D eigenvalue weighted by atomic mass is 10.1. The highest BCUT2D eigenvalue weighted by Crippen LogP contribution is 2.27. The monoisotopic (exact) mass is 390 g/mol. The molecule has 4 aromatic rings. The first-order valence-electron chi connectivity index (χ1n) is 8.35. The highest BCUT2D eigenvalue weighted by atomic mass is 32.1. The molecule has 0 atom stereocenters. The average Bonchev–Trinajstić information content (AvgIpc) is 3.40. The van der Waals surface area contributed by atoms with Gasteiger partial charge >= 0.3 is 0 Å². The van der Waals surface area contributed by atoms with Crippen LogP contribution in [0.5, 0.6) is 0 Å². The Morgan fingerprint density at radius 1 is 1.07 bits per heavy atom. The first-order chi connectivity index (χ1) is 13.6. The van der Waals surface area contributed by atoms with Gasteiger partial charge in [-0.2, -0.15) is 0 Å². The number of hydrogen-bond donors (Lipinski definition) is 1. The molecular weight excluding hydrogens is 376 g/mol. The van der Waals surface area contributed by atoms with Gasteiger partial charge in [0.2, 0.25) is 0 Å². The van der Waals surface area contributed by atoms with Crippen molar-refractivity contribution in [3.63, 3.8) is 0 Å². The van der Waals surface area contributed by atoms with E-state index in [1.807, 2.05) is 41.2 Å². The molecule has 1 amide bonds. The molecule has 2 aromatic carbocycles. The third-order valence-corrected chi connectivity index (χ3v) is 4.85. The number of amides is 1. The third kappa shape index (κ3) is 3.67. The first kappa shape index (κ1) is 17.6. The molecule has 8 heteroatoms. The summed E-state index contributed by atoms with van der Waals surface area (Å²) in [6.07, 6.45) is 3.81. The maximum absolute atomic E-state index is 12.6. The molecule has 7 nitrogen and oxygen atoms in total. The normalized spacial score (nSPS) is 10.6. The number of nitrogens with zero attached hydrogens (tertiary/aromatic N) is 3. The highest BCUT2D eigenvalue weighted by Gasteiger charge is 2.13. The maximum Gasteiger partial charge on any atom is 0.270 e. The van der Waals surface area contributed by atoms with Crippen LogP contribution >= 0.6 is 11.3 Å². The van der Waals surface area contributed by atoms with Crippen molar-refractivity contribution in [3.05, 3.63) is 94.1 Å². The van der Waals surface area contributed by atoms with Gasteiger partial charge < -0.3 is 4.57 Å². The van der Waals surface area contributed by atoms with Gasteiger partial charge in [0, 0.05) is 46.7 Å². The van der Waals surface area contributed by atoms with Crippen LogP contribution in [0.2, 0.25) is 0 Å².